The van der Waals surface area contributed by atoms with Crippen molar-refractivity contribution >= 4 is 56.5 Å². The van der Waals surface area contributed by atoms with E-state index >= 15 is 0 Å². The number of aliphatic imine (C=N–C) groups is 1. The number of benzene rings is 2. The van der Waals surface area contributed by atoms with Gasteiger partial charge in [0.05, 0.1) is 25.0 Å². The van der Waals surface area contributed by atoms with Gasteiger partial charge in [-0.15, -0.1) is 11.3 Å². The summed E-state index contributed by atoms with van der Waals surface area (Å²) in [5.74, 6) is -0.628. The lowest BCUT2D eigenvalue weighted by atomic mass is 9.95. The number of aromatic nitrogens is 1. The second kappa shape index (κ2) is 13.7. The number of nitrogens with zero attached hydrogens (tertiary/aromatic N) is 5. The Morgan fingerprint density at radius 1 is 1.19 bits per heavy atom. The number of amidine groups is 1. The maximum atomic E-state index is 14.0. The summed E-state index contributed by atoms with van der Waals surface area (Å²) in [5, 5.41) is 5.90. The lowest BCUT2D eigenvalue weighted by Gasteiger charge is -2.38. The molecule has 0 aliphatic carbocycles. The third-order valence-corrected chi connectivity index (χ3v) is 10.1. The molecular weight excluding hydrogens is 669 g/mol. The van der Waals surface area contributed by atoms with Crippen molar-refractivity contribution in [2.45, 2.75) is 18.5 Å². The largest absolute Gasteiger partial charge is 0.466 e. The maximum absolute atomic E-state index is 14.0. The number of anilines is 1. The number of hydrogen-bond acceptors (Lipinski definition) is 10. The van der Waals surface area contributed by atoms with Crippen molar-refractivity contribution in [1.29, 1.82) is 0 Å². The zero-order chi connectivity index (χ0) is 33.3. The summed E-state index contributed by atoms with van der Waals surface area (Å²) >= 11 is 7.87. The van der Waals surface area contributed by atoms with Crippen molar-refractivity contribution in [2.24, 2.45) is 4.99 Å². The summed E-state index contributed by atoms with van der Waals surface area (Å²) < 4.78 is 44.4. The number of urea groups is 1. The zero-order valence-electron chi connectivity index (χ0n) is 25.7. The number of hydrogen-bond donors (Lipinski definition) is 2. The monoisotopic (exact) mass is 701 g/mol. The lowest BCUT2D eigenvalue weighted by molar-refractivity contribution is -0.136. The number of sulfonamides is 1. The highest BCUT2D eigenvalue weighted by Crippen LogP contribution is 2.37. The number of fused-ring (bicyclic) bond motifs is 1. The molecule has 3 aromatic rings. The molecular formula is C31H33ClFN7O5S2. The van der Waals surface area contributed by atoms with E-state index in [2.05, 4.69) is 19.9 Å². The van der Waals surface area contributed by atoms with Crippen molar-refractivity contribution in [3.63, 3.8) is 0 Å². The number of nitrogens with one attached hydrogen (secondary N) is 2. The molecule has 0 radical (unpaired) electrons. The second-order valence-electron chi connectivity index (χ2n) is 11.5. The van der Waals surface area contributed by atoms with Crippen LogP contribution in [0.25, 0.3) is 0 Å². The number of thiazole rings is 1. The van der Waals surface area contributed by atoms with Crippen molar-refractivity contribution in [3.8, 4) is 0 Å². The van der Waals surface area contributed by atoms with E-state index in [-0.39, 0.29) is 22.7 Å². The van der Waals surface area contributed by atoms with E-state index in [4.69, 9.17) is 21.3 Å². The minimum Gasteiger partial charge on any atom is -0.466 e. The molecule has 16 heteroatoms. The van der Waals surface area contributed by atoms with Gasteiger partial charge < -0.3 is 15.0 Å². The van der Waals surface area contributed by atoms with Gasteiger partial charge in [-0.25, -0.2) is 32.1 Å². The summed E-state index contributed by atoms with van der Waals surface area (Å²) in [6.45, 7) is 2.73. The Labute approximate surface area is 280 Å². The molecule has 2 saturated heterocycles. The predicted octanol–water partition coefficient (Wildman–Crippen LogP) is 3.17. The first-order valence-corrected chi connectivity index (χ1v) is 18.0. The van der Waals surface area contributed by atoms with Crippen LogP contribution in [0.4, 0.5) is 14.9 Å². The first kappa shape index (κ1) is 33.0. The minimum absolute atomic E-state index is 0.0735. The van der Waals surface area contributed by atoms with Crippen LogP contribution < -0.4 is 14.9 Å². The molecule has 3 aliphatic rings. The van der Waals surface area contributed by atoms with Gasteiger partial charge in [-0.1, -0.05) is 29.8 Å². The summed E-state index contributed by atoms with van der Waals surface area (Å²) in [6.07, 6.45) is 3.32. The fourth-order valence-electron chi connectivity index (χ4n) is 6.05. The molecule has 2 N–H and O–H groups in total. The highest BCUT2D eigenvalue weighted by atomic mass is 35.5. The average Bonchev–Trinajstić information content (AvgIpc) is 3.69. The molecule has 2 atom stereocenters. The predicted molar refractivity (Wildman–Crippen MR) is 178 cm³/mol. The molecule has 2 fully saturated rings. The molecule has 1 aromatic heterocycles. The Morgan fingerprint density at radius 3 is 2.66 bits per heavy atom. The molecule has 0 saturated carbocycles. The molecule has 248 valence electrons. The lowest BCUT2D eigenvalue weighted by Crippen LogP contribution is -2.53. The number of esters is 1. The van der Waals surface area contributed by atoms with E-state index in [9.17, 15) is 22.4 Å². The van der Waals surface area contributed by atoms with Crippen LogP contribution in [0, 0.1) is 5.82 Å². The summed E-state index contributed by atoms with van der Waals surface area (Å²) in [7, 11) is -1.96. The van der Waals surface area contributed by atoms with Gasteiger partial charge >= 0.3 is 12.0 Å². The van der Waals surface area contributed by atoms with E-state index in [1.807, 2.05) is 34.5 Å². The van der Waals surface area contributed by atoms with E-state index < -0.39 is 27.9 Å². The third-order valence-electron chi connectivity index (χ3n) is 8.27. The maximum Gasteiger partial charge on any atom is 0.338 e. The Balaban J connectivity index is 1.21. The van der Waals surface area contributed by atoms with Crippen LogP contribution in [-0.2, 0) is 26.0 Å². The van der Waals surface area contributed by atoms with Crippen LogP contribution in [0.2, 0.25) is 5.02 Å². The van der Waals surface area contributed by atoms with E-state index in [0.29, 0.717) is 67.8 Å². The van der Waals surface area contributed by atoms with Crippen LogP contribution in [0.5, 0.6) is 0 Å². The minimum atomic E-state index is -3.26. The van der Waals surface area contributed by atoms with Gasteiger partial charge in [-0.3, -0.25) is 14.8 Å². The van der Waals surface area contributed by atoms with Crippen molar-refractivity contribution in [2.75, 3.05) is 57.5 Å². The van der Waals surface area contributed by atoms with Crippen LogP contribution in [0.3, 0.4) is 0 Å². The van der Waals surface area contributed by atoms with Gasteiger partial charge in [-0.05, 0) is 36.2 Å². The first-order chi connectivity index (χ1) is 22.5. The Hall–Kier alpha value is -3.89. The standard InChI is InChI=1S/C31H33ClFN7O5S2/c1-45-30(41)26-25(36-28(29-34-11-14-46-29)37-27(26)23-8-5-20(33)15-24(23)32)18-38-12-13-39-22(16-38)17-40(31(39)42)21-6-3-19(4-7-21)9-10-35-47(2,43)44/h3-8,11,14-15,22,27,35H,9-10,12-13,16-18H2,1-2H3,(H,36,37)/t22-,27-/m0/s1. The Bertz CT molecular complexity index is 1840. The van der Waals surface area contributed by atoms with Gasteiger partial charge in [0.1, 0.15) is 11.9 Å². The van der Waals surface area contributed by atoms with Crippen molar-refractivity contribution < 1.29 is 27.1 Å². The Morgan fingerprint density at radius 2 is 1.98 bits per heavy atom. The van der Waals surface area contributed by atoms with E-state index in [0.717, 1.165) is 17.5 Å². The summed E-state index contributed by atoms with van der Waals surface area (Å²) in [5.41, 5.74) is 3.01. The third kappa shape index (κ3) is 7.33. The molecule has 0 unspecified atom stereocenters. The van der Waals surface area contributed by atoms with Gasteiger partial charge in [0.15, 0.2) is 10.8 Å². The fraction of sp³-hybridized carbons (Fsp3) is 0.355. The molecule has 6 rings (SSSR count). The normalized spacial score (nSPS) is 20.3. The number of carbonyl (C=O) groups excluding carboxylic acids is 2. The molecule has 2 aromatic carbocycles. The molecule has 0 spiro atoms. The topological polar surface area (TPSA) is 137 Å². The number of rotatable bonds is 10. The molecule has 3 aliphatic heterocycles. The number of halogens is 2. The van der Waals surface area contributed by atoms with E-state index in [1.165, 1.54) is 36.6 Å². The quantitative estimate of drug-likeness (QED) is 0.308. The SMILES string of the molecule is COC(=O)C1=C(CN2CCN3C(=O)N(c4ccc(CCNS(C)(=O)=O)cc4)C[C@@H]3C2)NC(c2nccs2)=N[C@H]1c1ccc(F)cc1Cl. The van der Waals surface area contributed by atoms with Crippen molar-refractivity contribution in [3.05, 3.63) is 92.3 Å². The number of amides is 2. The number of methoxy groups -OCH3 is 1. The zero-order valence-corrected chi connectivity index (χ0v) is 28.0. The second-order valence-corrected chi connectivity index (χ2v) is 14.6. The number of carbonyl (C=O) groups is 2. The molecule has 47 heavy (non-hydrogen) atoms. The van der Waals surface area contributed by atoms with Crippen LogP contribution >= 0.6 is 22.9 Å². The van der Waals surface area contributed by atoms with Gasteiger partial charge in [-0.2, -0.15) is 0 Å². The highest BCUT2D eigenvalue weighted by Gasteiger charge is 2.42. The van der Waals surface area contributed by atoms with E-state index in [1.54, 1.807) is 11.1 Å². The van der Waals surface area contributed by atoms with Crippen LogP contribution in [-0.4, -0.2) is 99.7 Å². The Kier molecular flexibility index (Phi) is 9.62. The van der Waals surface area contributed by atoms with Crippen molar-refractivity contribution in [1.82, 2.24) is 24.8 Å². The van der Waals surface area contributed by atoms with Crippen LogP contribution in [0.15, 0.2) is 70.3 Å². The summed E-state index contributed by atoms with van der Waals surface area (Å²) in [6, 6.07) is 10.5. The first-order valence-electron chi connectivity index (χ1n) is 14.9. The van der Waals surface area contributed by atoms with Crippen LogP contribution in [0.1, 0.15) is 22.2 Å². The molecule has 0 bridgehead atoms. The highest BCUT2D eigenvalue weighted by molar-refractivity contribution is 7.88. The summed E-state index contributed by atoms with van der Waals surface area (Å²) in [4.78, 5) is 41.7. The molecule has 2 amide bonds. The fourth-order valence-corrected chi connectivity index (χ4v) is 7.38. The number of ether oxygens (including phenoxy) is 1. The average molecular weight is 702 g/mol. The van der Waals surface area contributed by atoms with Gasteiger partial charge in [0.2, 0.25) is 10.0 Å². The molecule has 4 heterocycles. The van der Waals surface area contributed by atoms with Gasteiger partial charge in [0, 0.05) is 72.8 Å². The smallest absolute Gasteiger partial charge is 0.338 e. The number of piperazine rings is 1. The van der Waals surface area contributed by atoms with Gasteiger partial charge in [0.25, 0.3) is 0 Å². The molecule has 12 nitrogen and oxygen atoms in total.